The van der Waals surface area contributed by atoms with E-state index in [1.165, 1.54) is 11.0 Å². The lowest BCUT2D eigenvalue weighted by Crippen LogP contribution is -2.34. The first kappa shape index (κ1) is 13.3. The maximum atomic E-state index is 12.0. The van der Waals surface area contributed by atoms with Crippen LogP contribution >= 0.6 is 0 Å². The number of carbonyl (C=O) groups excluding carboxylic acids is 1. The Morgan fingerprint density at radius 2 is 1.95 bits per heavy atom. The number of nitrogens with one attached hydrogen (secondary N) is 1. The van der Waals surface area contributed by atoms with Crippen molar-refractivity contribution in [2.24, 2.45) is 0 Å². The molecule has 0 fully saturated rings. The molecule has 1 aromatic heterocycles. The van der Waals surface area contributed by atoms with Crippen molar-refractivity contribution in [3.8, 4) is 5.69 Å². The van der Waals surface area contributed by atoms with Crippen LogP contribution in [0.4, 0.5) is 0 Å². The Labute approximate surface area is 112 Å². The van der Waals surface area contributed by atoms with E-state index in [0.717, 1.165) is 18.5 Å². The van der Waals surface area contributed by atoms with Crippen molar-refractivity contribution in [3.63, 3.8) is 0 Å². The van der Waals surface area contributed by atoms with E-state index >= 15 is 0 Å². The predicted octanol–water partition coefficient (Wildman–Crippen LogP) is 2.19. The van der Waals surface area contributed by atoms with Gasteiger partial charge in [0.2, 0.25) is 0 Å². The largest absolute Gasteiger partial charge is 0.348 e. The molecule has 0 atom stereocenters. The van der Waals surface area contributed by atoms with Crippen LogP contribution in [0.5, 0.6) is 0 Å². The third-order valence-corrected chi connectivity index (χ3v) is 3.03. The fourth-order valence-electron chi connectivity index (χ4n) is 1.80. The van der Waals surface area contributed by atoms with Gasteiger partial charge in [-0.3, -0.25) is 4.79 Å². The lowest BCUT2D eigenvalue weighted by Gasteiger charge is -2.12. The molecular weight excluding hydrogens is 240 g/mol. The van der Waals surface area contributed by atoms with E-state index in [9.17, 15) is 4.79 Å². The van der Waals surface area contributed by atoms with E-state index < -0.39 is 0 Å². The third kappa shape index (κ3) is 3.19. The molecule has 0 unspecified atom stereocenters. The van der Waals surface area contributed by atoms with Gasteiger partial charge in [-0.15, -0.1) is 5.10 Å². The smallest absolute Gasteiger partial charge is 0.273 e. The second-order valence-corrected chi connectivity index (χ2v) is 4.34. The Hall–Kier alpha value is -2.17. The fraction of sp³-hybridized carbons (Fsp3) is 0.357. The van der Waals surface area contributed by atoms with Gasteiger partial charge in [0.15, 0.2) is 5.69 Å². The molecule has 0 spiro atoms. The third-order valence-electron chi connectivity index (χ3n) is 3.03. The standard InChI is InChI=1S/C14H18N4O/c1-3-11(4-2)16-14(19)13-10-15-18(17-13)12-8-6-5-7-9-12/h5-11H,3-4H2,1-2H3,(H,16,19). The first-order valence-corrected chi connectivity index (χ1v) is 6.53. The van der Waals surface area contributed by atoms with Crippen LogP contribution in [0.25, 0.3) is 5.69 Å². The van der Waals surface area contributed by atoms with Gasteiger partial charge in [-0.1, -0.05) is 32.0 Å². The van der Waals surface area contributed by atoms with Gasteiger partial charge in [-0.2, -0.15) is 9.90 Å². The molecule has 100 valence electrons. The van der Waals surface area contributed by atoms with Crippen LogP contribution < -0.4 is 5.32 Å². The van der Waals surface area contributed by atoms with Gasteiger partial charge in [0.05, 0.1) is 11.9 Å². The molecule has 5 nitrogen and oxygen atoms in total. The van der Waals surface area contributed by atoms with Crippen LogP contribution in [0.2, 0.25) is 0 Å². The van der Waals surface area contributed by atoms with Crippen molar-refractivity contribution < 1.29 is 4.79 Å². The number of para-hydroxylation sites is 1. The van der Waals surface area contributed by atoms with Crippen molar-refractivity contribution >= 4 is 5.91 Å². The molecule has 19 heavy (non-hydrogen) atoms. The lowest BCUT2D eigenvalue weighted by molar-refractivity contribution is 0.0929. The summed E-state index contributed by atoms with van der Waals surface area (Å²) >= 11 is 0. The molecule has 1 amide bonds. The van der Waals surface area contributed by atoms with Gasteiger partial charge in [0, 0.05) is 6.04 Å². The van der Waals surface area contributed by atoms with Crippen LogP contribution in [0.3, 0.4) is 0 Å². The second-order valence-electron chi connectivity index (χ2n) is 4.34. The highest BCUT2D eigenvalue weighted by Gasteiger charge is 2.14. The van der Waals surface area contributed by atoms with Crippen LogP contribution in [0.15, 0.2) is 36.5 Å². The summed E-state index contributed by atoms with van der Waals surface area (Å²) in [6, 6.07) is 9.71. The van der Waals surface area contributed by atoms with Gasteiger partial charge in [-0.25, -0.2) is 0 Å². The number of aromatic nitrogens is 3. The average molecular weight is 258 g/mol. The van der Waals surface area contributed by atoms with E-state index in [-0.39, 0.29) is 11.9 Å². The fourth-order valence-corrected chi connectivity index (χ4v) is 1.80. The zero-order valence-electron chi connectivity index (χ0n) is 11.2. The quantitative estimate of drug-likeness (QED) is 0.894. The molecule has 1 heterocycles. The van der Waals surface area contributed by atoms with Gasteiger partial charge in [-0.05, 0) is 25.0 Å². The number of hydrogen-bond acceptors (Lipinski definition) is 3. The Balaban J connectivity index is 2.11. The van der Waals surface area contributed by atoms with Crippen molar-refractivity contribution in [2.75, 3.05) is 0 Å². The van der Waals surface area contributed by atoms with Gasteiger partial charge >= 0.3 is 0 Å². The molecule has 0 bridgehead atoms. The normalized spacial score (nSPS) is 10.7. The SMILES string of the molecule is CCC(CC)NC(=O)c1cnn(-c2ccccc2)n1. The molecule has 2 rings (SSSR count). The topological polar surface area (TPSA) is 59.8 Å². The Kier molecular flexibility index (Phi) is 4.28. The highest BCUT2D eigenvalue weighted by Crippen LogP contribution is 2.05. The predicted molar refractivity (Wildman–Crippen MR) is 73.2 cm³/mol. The van der Waals surface area contributed by atoms with Crippen LogP contribution in [0.1, 0.15) is 37.2 Å². The van der Waals surface area contributed by atoms with Gasteiger partial charge in [0.1, 0.15) is 0 Å². The molecule has 2 aromatic rings. The van der Waals surface area contributed by atoms with E-state index in [2.05, 4.69) is 29.4 Å². The molecule has 0 aliphatic rings. The van der Waals surface area contributed by atoms with Crippen LogP contribution in [-0.4, -0.2) is 26.9 Å². The van der Waals surface area contributed by atoms with Crippen molar-refractivity contribution in [3.05, 3.63) is 42.2 Å². The highest BCUT2D eigenvalue weighted by molar-refractivity contribution is 5.92. The summed E-state index contributed by atoms with van der Waals surface area (Å²) in [5.74, 6) is -0.170. The number of hydrogen-bond donors (Lipinski definition) is 1. The van der Waals surface area contributed by atoms with E-state index in [1.807, 2.05) is 30.3 Å². The maximum Gasteiger partial charge on any atom is 0.273 e. The average Bonchev–Trinajstić information content (AvgIpc) is 2.95. The molecular formula is C14H18N4O. The maximum absolute atomic E-state index is 12.0. The first-order chi connectivity index (χ1) is 9.24. The number of benzene rings is 1. The molecule has 0 aliphatic carbocycles. The zero-order valence-corrected chi connectivity index (χ0v) is 11.2. The summed E-state index contributed by atoms with van der Waals surface area (Å²) in [6.45, 7) is 4.10. The minimum Gasteiger partial charge on any atom is -0.348 e. The van der Waals surface area contributed by atoms with Crippen molar-refractivity contribution in [2.45, 2.75) is 32.7 Å². The zero-order chi connectivity index (χ0) is 13.7. The second kappa shape index (κ2) is 6.13. The van der Waals surface area contributed by atoms with E-state index in [0.29, 0.717) is 5.69 Å². The number of nitrogens with zero attached hydrogens (tertiary/aromatic N) is 3. The van der Waals surface area contributed by atoms with E-state index in [4.69, 9.17) is 0 Å². The summed E-state index contributed by atoms with van der Waals surface area (Å²) in [4.78, 5) is 13.5. The Morgan fingerprint density at radius 1 is 1.26 bits per heavy atom. The van der Waals surface area contributed by atoms with Crippen molar-refractivity contribution in [1.29, 1.82) is 0 Å². The van der Waals surface area contributed by atoms with Crippen LogP contribution in [-0.2, 0) is 0 Å². The highest BCUT2D eigenvalue weighted by atomic mass is 16.2. The molecule has 0 saturated heterocycles. The molecule has 1 aromatic carbocycles. The molecule has 0 saturated carbocycles. The number of rotatable bonds is 5. The minimum absolute atomic E-state index is 0.170. The Morgan fingerprint density at radius 3 is 2.58 bits per heavy atom. The van der Waals surface area contributed by atoms with E-state index in [1.54, 1.807) is 0 Å². The summed E-state index contributed by atoms with van der Waals surface area (Å²) < 4.78 is 0. The lowest BCUT2D eigenvalue weighted by atomic mass is 10.2. The molecule has 0 aliphatic heterocycles. The van der Waals surface area contributed by atoms with Crippen LogP contribution in [0, 0.1) is 0 Å². The number of amides is 1. The Bertz CT molecular complexity index is 531. The summed E-state index contributed by atoms with van der Waals surface area (Å²) in [5.41, 5.74) is 1.18. The minimum atomic E-state index is -0.170. The molecule has 0 radical (unpaired) electrons. The molecule has 1 N–H and O–H groups in total. The van der Waals surface area contributed by atoms with Gasteiger partial charge < -0.3 is 5.32 Å². The summed E-state index contributed by atoms with van der Waals surface area (Å²) in [6.07, 6.45) is 3.31. The first-order valence-electron chi connectivity index (χ1n) is 6.53. The summed E-state index contributed by atoms with van der Waals surface area (Å²) in [7, 11) is 0. The summed E-state index contributed by atoms with van der Waals surface area (Å²) in [5, 5.41) is 11.2. The monoisotopic (exact) mass is 258 g/mol. The number of carbonyl (C=O) groups is 1. The molecule has 5 heteroatoms. The van der Waals surface area contributed by atoms with Gasteiger partial charge in [0.25, 0.3) is 5.91 Å². The van der Waals surface area contributed by atoms with Crippen molar-refractivity contribution in [1.82, 2.24) is 20.3 Å².